The van der Waals surface area contributed by atoms with Gasteiger partial charge in [0.25, 0.3) is 0 Å². The molecule has 0 heterocycles. The fourth-order valence-corrected chi connectivity index (χ4v) is 3.30. The van der Waals surface area contributed by atoms with E-state index in [1.54, 1.807) is 0 Å². The summed E-state index contributed by atoms with van der Waals surface area (Å²) in [6.45, 7) is 1.71. The van der Waals surface area contributed by atoms with Crippen molar-refractivity contribution < 1.29 is 9.47 Å². The molecule has 0 aliphatic heterocycles. The van der Waals surface area contributed by atoms with E-state index in [2.05, 4.69) is 36.4 Å². The topological polar surface area (TPSA) is 44.5 Å². The molecule has 3 aromatic rings. The van der Waals surface area contributed by atoms with Crippen molar-refractivity contribution in [2.24, 2.45) is 5.73 Å². The minimum atomic E-state index is 0.128. The normalized spacial score (nSPS) is 14.6. The van der Waals surface area contributed by atoms with Gasteiger partial charge in [-0.1, -0.05) is 66.7 Å². The fraction of sp³-hybridized carbons (Fsp3) is 0.250. The molecule has 0 aromatic heterocycles. The van der Waals surface area contributed by atoms with E-state index in [4.69, 9.17) is 15.2 Å². The molecule has 1 fully saturated rings. The summed E-state index contributed by atoms with van der Waals surface area (Å²) in [5, 5.41) is 0. The Kier molecular flexibility index (Phi) is 5.12. The molecule has 1 aliphatic carbocycles. The average molecular weight is 359 g/mol. The van der Waals surface area contributed by atoms with E-state index in [0.29, 0.717) is 19.8 Å². The maximum Gasteiger partial charge on any atom is 0.161 e. The maximum absolute atomic E-state index is 6.15. The van der Waals surface area contributed by atoms with Gasteiger partial charge in [0.1, 0.15) is 13.2 Å². The molecule has 4 rings (SSSR count). The lowest BCUT2D eigenvalue weighted by molar-refractivity contribution is 0.255. The number of hydrogen-bond acceptors (Lipinski definition) is 3. The van der Waals surface area contributed by atoms with Crippen molar-refractivity contribution in [3.05, 3.63) is 95.6 Å². The molecule has 0 amide bonds. The molecule has 3 nitrogen and oxygen atoms in total. The van der Waals surface area contributed by atoms with Gasteiger partial charge < -0.3 is 15.2 Å². The zero-order chi connectivity index (χ0) is 18.5. The average Bonchev–Trinajstić information content (AvgIpc) is 3.54. The Morgan fingerprint density at radius 2 is 1.26 bits per heavy atom. The van der Waals surface area contributed by atoms with Gasteiger partial charge in [0, 0.05) is 12.0 Å². The van der Waals surface area contributed by atoms with Crippen LogP contribution >= 0.6 is 0 Å². The summed E-state index contributed by atoms with van der Waals surface area (Å²) < 4.78 is 12.2. The van der Waals surface area contributed by atoms with Gasteiger partial charge in [0.2, 0.25) is 0 Å². The van der Waals surface area contributed by atoms with E-state index in [0.717, 1.165) is 35.5 Å². The van der Waals surface area contributed by atoms with Crippen molar-refractivity contribution in [3.8, 4) is 11.5 Å². The van der Waals surface area contributed by atoms with Crippen molar-refractivity contribution in [2.75, 3.05) is 6.54 Å². The first kappa shape index (κ1) is 17.6. The van der Waals surface area contributed by atoms with E-state index in [-0.39, 0.29) is 5.41 Å². The van der Waals surface area contributed by atoms with Gasteiger partial charge in [0.15, 0.2) is 11.5 Å². The monoisotopic (exact) mass is 359 g/mol. The molecule has 3 heteroatoms. The Balaban J connectivity index is 1.55. The van der Waals surface area contributed by atoms with Crippen LogP contribution in [0.4, 0.5) is 0 Å². The number of rotatable bonds is 8. The van der Waals surface area contributed by atoms with E-state index in [1.807, 2.05) is 42.5 Å². The maximum atomic E-state index is 6.15. The molecule has 2 N–H and O–H groups in total. The minimum Gasteiger partial charge on any atom is -0.485 e. The van der Waals surface area contributed by atoms with Gasteiger partial charge in [-0.25, -0.2) is 0 Å². The zero-order valence-corrected chi connectivity index (χ0v) is 15.4. The Bertz CT molecular complexity index is 873. The van der Waals surface area contributed by atoms with Crippen LogP contribution < -0.4 is 15.2 Å². The molecule has 0 unspecified atom stereocenters. The molecular formula is C24H25NO2. The molecule has 0 saturated heterocycles. The third kappa shape index (κ3) is 4.15. The predicted octanol–water partition coefficient (Wildman–Crippen LogP) is 4.83. The third-order valence-corrected chi connectivity index (χ3v) is 5.27. The number of hydrogen-bond donors (Lipinski definition) is 1. The highest BCUT2D eigenvalue weighted by Gasteiger charge is 2.43. The zero-order valence-electron chi connectivity index (χ0n) is 15.4. The van der Waals surface area contributed by atoms with Gasteiger partial charge in [-0.3, -0.25) is 0 Å². The lowest BCUT2D eigenvalue weighted by Gasteiger charge is -2.18. The van der Waals surface area contributed by atoms with Gasteiger partial charge in [-0.15, -0.1) is 0 Å². The largest absolute Gasteiger partial charge is 0.485 e. The molecule has 1 aliphatic rings. The Hall–Kier alpha value is -2.78. The molecule has 0 radical (unpaired) electrons. The molecule has 3 aromatic carbocycles. The summed E-state index contributed by atoms with van der Waals surface area (Å²) in [5.41, 5.74) is 9.67. The third-order valence-electron chi connectivity index (χ3n) is 5.27. The van der Waals surface area contributed by atoms with Crippen LogP contribution in [-0.4, -0.2) is 6.54 Å². The van der Waals surface area contributed by atoms with Crippen molar-refractivity contribution in [2.45, 2.75) is 31.5 Å². The summed E-state index contributed by atoms with van der Waals surface area (Å²) in [4.78, 5) is 0. The molecular weight excluding hydrogens is 334 g/mol. The smallest absolute Gasteiger partial charge is 0.161 e. The van der Waals surface area contributed by atoms with Gasteiger partial charge >= 0.3 is 0 Å². The first-order chi connectivity index (χ1) is 13.3. The van der Waals surface area contributed by atoms with Crippen molar-refractivity contribution in [1.82, 2.24) is 0 Å². The molecule has 0 bridgehead atoms. The number of ether oxygens (including phenoxy) is 2. The van der Waals surface area contributed by atoms with E-state index >= 15 is 0 Å². The fourth-order valence-electron chi connectivity index (χ4n) is 3.30. The predicted molar refractivity (Wildman–Crippen MR) is 108 cm³/mol. The van der Waals surface area contributed by atoms with Crippen LogP contribution in [0.2, 0.25) is 0 Å². The second-order valence-corrected chi connectivity index (χ2v) is 7.19. The van der Waals surface area contributed by atoms with Crippen LogP contribution in [0.15, 0.2) is 78.9 Å². The first-order valence-corrected chi connectivity index (χ1v) is 9.47. The van der Waals surface area contributed by atoms with E-state index < -0.39 is 0 Å². The quantitative estimate of drug-likeness (QED) is 0.626. The van der Waals surface area contributed by atoms with Crippen LogP contribution in [0.5, 0.6) is 11.5 Å². The van der Waals surface area contributed by atoms with Crippen molar-refractivity contribution in [1.29, 1.82) is 0 Å². The first-order valence-electron chi connectivity index (χ1n) is 9.47. The second-order valence-electron chi connectivity index (χ2n) is 7.19. The number of benzene rings is 3. The summed E-state index contributed by atoms with van der Waals surface area (Å²) in [5.74, 6) is 1.55. The Labute approximate surface area is 160 Å². The second kappa shape index (κ2) is 7.85. The van der Waals surface area contributed by atoms with E-state index in [1.165, 1.54) is 5.56 Å². The van der Waals surface area contributed by atoms with Crippen LogP contribution in [-0.2, 0) is 18.6 Å². The van der Waals surface area contributed by atoms with Crippen LogP contribution in [0.3, 0.4) is 0 Å². The summed E-state index contributed by atoms with van der Waals surface area (Å²) >= 11 is 0. The molecule has 0 spiro atoms. The van der Waals surface area contributed by atoms with Crippen LogP contribution in [0.1, 0.15) is 29.5 Å². The Morgan fingerprint density at radius 3 is 1.78 bits per heavy atom. The minimum absolute atomic E-state index is 0.128. The van der Waals surface area contributed by atoms with Crippen molar-refractivity contribution in [3.63, 3.8) is 0 Å². The lowest BCUT2D eigenvalue weighted by atomic mass is 9.96. The van der Waals surface area contributed by atoms with Gasteiger partial charge in [-0.2, -0.15) is 0 Å². The molecule has 138 valence electrons. The molecule has 27 heavy (non-hydrogen) atoms. The van der Waals surface area contributed by atoms with Crippen LogP contribution in [0, 0.1) is 0 Å². The van der Waals surface area contributed by atoms with Gasteiger partial charge in [-0.05, 0) is 41.7 Å². The molecule has 0 atom stereocenters. The summed E-state index contributed by atoms with van der Waals surface area (Å²) in [6.07, 6.45) is 2.29. The summed E-state index contributed by atoms with van der Waals surface area (Å²) in [6, 6.07) is 26.6. The van der Waals surface area contributed by atoms with E-state index in [9.17, 15) is 0 Å². The SMILES string of the molecule is NCC1(c2ccc(OCc3ccccc3)c(OCc3ccccc3)c2)CC1. The highest BCUT2D eigenvalue weighted by molar-refractivity contribution is 5.47. The highest BCUT2D eigenvalue weighted by atomic mass is 16.5. The summed E-state index contributed by atoms with van der Waals surface area (Å²) in [7, 11) is 0. The molecule has 1 saturated carbocycles. The standard InChI is InChI=1S/C24H25NO2/c25-18-24(13-14-24)21-11-12-22(26-16-19-7-3-1-4-8-19)23(15-21)27-17-20-9-5-2-6-10-20/h1-12,15H,13-14,16-18,25H2. The highest BCUT2D eigenvalue weighted by Crippen LogP contribution is 2.49. The lowest BCUT2D eigenvalue weighted by Crippen LogP contribution is -2.19. The van der Waals surface area contributed by atoms with Gasteiger partial charge in [0.05, 0.1) is 0 Å². The Morgan fingerprint density at radius 1 is 0.704 bits per heavy atom. The van der Waals surface area contributed by atoms with Crippen molar-refractivity contribution >= 4 is 0 Å². The van der Waals surface area contributed by atoms with Crippen LogP contribution in [0.25, 0.3) is 0 Å². The number of nitrogens with two attached hydrogens (primary N) is 1.